The molecule has 2 unspecified atom stereocenters. The fourth-order valence-electron chi connectivity index (χ4n) is 2.97. The summed E-state index contributed by atoms with van der Waals surface area (Å²) in [5, 5.41) is 8.73. The molecule has 1 aliphatic rings. The quantitative estimate of drug-likeness (QED) is 0.754. The fraction of sp³-hybridized carbons (Fsp3) is 0.875. The monoisotopic (exact) mass is 284 g/mol. The first-order valence-electron chi connectivity index (χ1n) is 7.70. The van der Waals surface area contributed by atoms with E-state index in [1.165, 1.54) is 0 Å². The van der Waals surface area contributed by atoms with Crippen molar-refractivity contribution in [2.45, 2.75) is 77.7 Å². The number of rotatable bonds is 6. The van der Waals surface area contributed by atoms with Crippen LogP contribution >= 0.6 is 0 Å². The molecular formula is C16H28O4. The minimum absolute atomic E-state index is 0.120. The smallest absolute Gasteiger partial charge is 0.306 e. The number of esters is 1. The highest BCUT2D eigenvalue weighted by Crippen LogP contribution is 2.34. The minimum Gasteiger partial charge on any atom is -0.481 e. The van der Waals surface area contributed by atoms with Crippen LogP contribution in [0.1, 0.15) is 72.1 Å². The molecular weight excluding hydrogens is 256 g/mol. The van der Waals surface area contributed by atoms with E-state index in [2.05, 4.69) is 0 Å². The number of ether oxygens (including phenoxy) is 1. The number of carbonyl (C=O) groups excluding carboxylic acids is 1. The Morgan fingerprint density at radius 2 is 1.65 bits per heavy atom. The minimum atomic E-state index is -0.708. The van der Waals surface area contributed by atoms with E-state index in [4.69, 9.17) is 9.84 Å². The van der Waals surface area contributed by atoms with Gasteiger partial charge in [0.2, 0.25) is 0 Å². The van der Waals surface area contributed by atoms with Crippen LogP contribution in [-0.4, -0.2) is 22.6 Å². The standard InChI is InChI=1S/C16H28O4/c1-16(2,3)20-15(19)10-8-13-6-4-5-12(11-13)7-9-14(17)18/h12-13H,4-11H2,1-3H3,(H,17,18). The predicted octanol–water partition coefficient (Wildman–Crippen LogP) is 3.78. The first kappa shape index (κ1) is 17.0. The van der Waals surface area contributed by atoms with Crippen LogP contribution < -0.4 is 0 Å². The number of aliphatic carboxylic acids is 1. The van der Waals surface area contributed by atoms with E-state index in [1.54, 1.807) is 0 Å². The van der Waals surface area contributed by atoms with Gasteiger partial charge >= 0.3 is 11.9 Å². The van der Waals surface area contributed by atoms with Crippen LogP contribution in [0, 0.1) is 11.8 Å². The lowest BCUT2D eigenvalue weighted by molar-refractivity contribution is -0.155. The van der Waals surface area contributed by atoms with Crippen LogP contribution in [0.15, 0.2) is 0 Å². The largest absolute Gasteiger partial charge is 0.481 e. The number of carboxylic acids is 1. The van der Waals surface area contributed by atoms with Gasteiger partial charge in [-0.25, -0.2) is 0 Å². The molecule has 0 bridgehead atoms. The van der Waals surface area contributed by atoms with Crippen molar-refractivity contribution in [1.29, 1.82) is 0 Å². The van der Waals surface area contributed by atoms with Gasteiger partial charge in [-0.1, -0.05) is 19.3 Å². The van der Waals surface area contributed by atoms with E-state index in [1.807, 2.05) is 20.8 Å². The topological polar surface area (TPSA) is 63.6 Å². The summed E-state index contributed by atoms with van der Waals surface area (Å²) >= 11 is 0. The van der Waals surface area contributed by atoms with E-state index in [0.717, 1.165) is 38.5 Å². The van der Waals surface area contributed by atoms with Gasteiger partial charge in [-0.2, -0.15) is 0 Å². The molecule has 116 valence electrons. The van der Waals surface area contributed by atoms with Crippen molar-refractivity contribution in [1.82, 2.24) is 0 Å². The summed E-state index contributed by atoms with van der Waals surface area (Å²) in [5.41, 5.74) is -0.409. The molecule has 0 radical (unpaired) electrons. The first-order chi connectivity index (χ1) is 9.26. The van der Waals surface area contributed by atoms with Gasteiger partial charge in [0.25, 0.3) is 0 Å². The van der Waals surface area contributed by atoms with Crippen LogP contribution in [0.5, 0.6) is 0 Å². The lowest BCUT2D eigenvalue weighted by Crippen LogP contribution is -2.24. The van der Waals surface area contributed by atoms with Gasteiger partial charge in [-0.3, -0.25) is 9.59 Å². The molecule has 0 heterocycles. The lowest BCUT2D eigenvalue weighted by Gasteiger charge is -2.29. The Labute approximate surface area is 121 Å². The lowest BCUT2D eigenvalue weighted by atomic mass is 9.77. The van der Waals surface area contributed by atoms with Gasteiger partial charge in [0.1, 0.15) is 5.60 Å². The summed E-state index contributed by atoms with van der Waals surface area (Å²) < 4.78 is 5.32. The molecule has 0 aliphatic heterocycles. The average molecular weight is 284 g/mol. The van der Waals surface area contributed by atoms with Crippen molar-refractivity contribution < 1.29 is 19.4 Å². The zero-order valence-electron chi connectivity index (χ0n) is 13.0. The molecule has 0 spiro atoms. The van der Waals surface area contributed by atoms with Crippen molar-refractivity contribution in [2.75, 3.05) is 0 Å². The fourth-order valence-corrected chi connectivity index (χ4v) is 2.97. The van der Waals surface area contributed by atoms with E-state index < -0.39 is 11.6 Å². The Kier molecular flexibility index (Phi) is 6.50. The molecule has 4 heteroatoms. The number of carbonyl (C=O) groups is 2. The molecule has 0 aromatic heterocycles. The highest BCUT2D eigenvalue weighted by Gasteiger charge is 2.24. The van der Waals surface area contributed by atoms with Crippen LogP contribution in [0.25, 0.3) is 0 Å². The van der Waals surface area contributed by atoms with Crippen LogP contribution in [0.4, 0.5) is 0 Å². The maximum Gasteiger partial charge on any atom is 0.306 e. The van der Waals surface area contributed by atoms with Gasteiger partial charge in [-0.05, 0) is 51.9 Å². The second-order valence-electron chi connectivity index (χ2n) is 6.96. The normalized spacial score (nSPS) is 23.4. The highest BCUT2D eigenvalue weighted by molar-refractivity contribution is 5.69. The zero-order chi connectivity index (χ0) is 15.2. The molecule has 0 aromatic carbocycles. The van der Waals surface area contributed by atoms with Crippen LogP contribution in [0.2, 0.25) is 0 Å². The maximum atomic E-state index is 11.7. The average Bonchev–Trinajstić information content (AvgIpc) is 2.32. The second kappa shape index (κ2) is 7.65. The molecule has 4 nitrogen and oxygen atoms in total. The Balaban J connectivity index is 2.26. The summed E-state index contributed by atoms with van der Waals surface area (Å²) in [6, 6.07) is 0. The molecule has 0 amide bonds. The zero-order valence-corrected chi connectivity index (χ0v) is 13.0. The van der Waals surface area contributed by atoms with Crippen molar-refractivity contribution in [2.24, 2.45) is 11.8 Å². The maximum absolute atomic E-state index is 11.7. The van der Waals surface area contributed by atoms with Gasteiger partial charge in [-0.15, -0.1) is 0 Å². The number of carboxylic acid groups (broad SMARTS) is 1. The molecule has 2 atom stereocenters. The molecule has 1 saturated carbocycles. The van der Waals surface area contributed by atoms with Crippen molar-refractivity contribution >= 4 is 11.9 Å². The second-order valence-corrected chi connectivity index (χ2v) is 6.96. The van der Waals surface area contributed by atoms with E-state index in [9.17, 15) is 9.59 Å². The van der Waals surface area contributed by atoms with E-state index >= 15 is 0 Å². The third kappa shape index (κ3) is 7.51. The molecule has 1 fully saturated rings. The van der Waals surface area contributed by atoms with Gasteiger partial charge in [0, 0.05) is 12.8 Å². The van der Waals surface area contributed by atoms with Crippen molar-refractivity contribution in [3.63, 3.8) is 0 Å². The van der Waals surface area contributed by atoms with E-state index in [0.29, 0.717) is 18.3 Å². The highest BCUT2D eigenvalue weighted by atomic mass is 16.6. The summed E-state index contributed by atoms with van der Waals surface area (Å²) in [6.07, 6.45) is 6.91. The molecule has 0 saturated heterocycles. The summed E-state index contributed by atoms with van der Waals surface area (Å²) in [7, 11) is 0. The number of hydrogen-bond acceptors (Lipinski definition) is 3. The van der Waals surface area contributed by atoms with Crippen LogP contribution in [-0.2, 0) is 14.3 Å². The Morgan fingerprint density at radius 1 is 1.10 bits per heavy atom. The van der Waals surface area contributed by atoms with Gasteiger partial charge in [0.05, 0.1) is 0 Å². The van der Waals surface area contributed by atoms with Crippen molar-refractivity contribution in [3.8, 4) is 0 Å². The molecule has 1 aliphatic carbocycles. The molecule has 1 N–H and O–H groups in total. The summed E-state index contributed by atoms with van der Waals surface area (Å²) in [5.74, 6) is 0.240. The van der Waals surface area contributed by atoms with Gasteiger partial charge < -0.3 is 9.84 Å². The summed E-state index contributed by atoms with van der Waals surface area (Å²) in [6.45, 7) is 5.65. The third-order valence-corrected chi connectivity index (χ3v) is 3.83. The molecule has 0 aromatic rings. The van der Waals surface area contributed by atoms with Crippen molar-refractivity contribution in [3.05, 3.63) is 0 Å². The van der Waals surface area contributed by atoms with Crippen LogP contribution in [0.3, 0.4) is 0 Å². The Hall–Kier alpha value is -1.06. The molecule has 1 rings (SSSR count). The summed E-state index contributed by atoms with van der Waals surface area (Å²) in [4.78, 5) is 22.3. The third-order valence-electron chi connectivity index (χ3n) is 3.83. The van der Waals surface area contributed by atoms with E-state index in [-0.39, 0.29) is 12.4 Å². The first-order valence-corrected chi connectivity index (χ1v) is 7.70. The Morgan fingerprint density at radius 3 is 2.15 bits per heavy atom. The van der Waals surface area contributed by atoms with Gasteiger partial charge in [0.15, 0.2) is 0 Å². The predicted molar refractivity (Wildman–Crippen MR) is 77.4 cm³/mol. The molecule has 20 heavy (non-hydrogen) atoms. The SMILES string of the molecule is CC(C)(C)OC(=O)CCC1CCCC(CCC(=O)O)C1. The number of hydrogen-bond donors (Lipinski definition) is 1. The Bertz CT molecular complexity index is 330.